The maximum Gasteiger partial charge on any atom is 0.237 e. The fraction of sp³-hybridized carbons (Fsp3) is 0.538. The minimum absolute atomic E-state index is 0.110. The summed E-state index contributed by atoms with van der Waals surface area (Å²) in [5, 5.41) is 6.21. The van der Waals surface area contributed by atoms with Crippen LogP contribution < -0.4 is 10.6 Å². The van der Waals surface area contributed by atoms with Gasteiger partial charge in [-0.15, -0.1) is 0 Å². The molecule has 1 atom stereocenters. The zero-order valence-corrected chi connectivity index (χ0v) is 10.1. The van der Waals surface area contributed by atoms with E-state index in [1.807, 2.05) is 25.3 Å². The molecule has 0 radical (unpaired) electrons. The van der Waals surface area contributed by atoms with E-state index in [0.29, 0.717) is 6.04 Å². The third kappa shape index (κ3) is 4.15. The van der Waals surface area contributed by atoms with Crippen LogP contribution in [0.5, 0.6) is 0 Å². The Morgan fingerprint density at radius 1 is 1.59 bits per heavy atom. The summed E-state index contributed by atoms with van der Waals surface area (Å²) in [7, 11) is 0. The van der Waals surface area contributed by atoms with Gasteiger partial charge in [-0.25, -0.2) is 0 Å². The Morgan fingerprint density at radius 2 is 2.41 bits per heavy atom. The lowest BCUT2D eigenvalue weighted by Crippen LogP contribution is -2.43. The van der Waals surface area contributed by atoms with E-state index in [9.17, 15) is 4.79 Å². The Bertz CT molecular complexity index is 362. The van der Waals surface area contributed by atoms with Gasteiger partial charge in [-0.2, -0.15) is 0 Å². The summed E-state index contributed by atoms with van der Waals surface area (Å²) in [5.74, 6) is 0.110. The molecule has 1 aromatic rings. The second-order valence-corrected chi connectivity index (χ2v) is 4.57. The topological polar surface area (TPSA) is 54.0 Å². The molecule has 0 aliphatic heterocycles. The lowest BCUT2D eigenvalue weighted by molar-refractivity contribution is -0.122. The molecule has 1 saturated carbocycles. The number of rotatable bonds is 6. The summed E-state index contributed by atoms with van der Waals surface area (Å²) in [5.41, 5.74) is 1.19. The molecule has 2 rings (SSSR count). The van der Waals surface area contributed by atoms with E-state index in [1.54, 1.807) is 6.20 Å². The zero-order valence-electron chi connectivity index (χ0n) is 10.1. The van der Waals surface area contributed by atoms with Crippen molar-refractivity contribution in [3.63, 3.8) is 0 Å². The Kier molecular flexibility index (Phi) is 4.09. The van der Waals surface area contributed by atoms with Crippen LogP contribution in [0.2, 0.25) is 0 Å². The summed E-state index contributed by atoms with van der Waals surface area (Å²) in [6.45, 7) is 2.70. The van der Waals surface area contributed by atoms with Gasteiger partial charge in [0.15, 0.2) is 0 Å². The molecule has 1 heterocycles. The third-order valence-electron chi connectivity index (χ3n) is 2.90. The minimum Gasteiger partial charge on any atom is -0.352 e. The van der Waals surface area contributed by atoms with Gasteiger partial charge in [-0.05, 0) is 44.4 Å². The highest BCUT2D eigenvalue weighted by molar-refractivity contribution is 5.81. The van der Waals surface area contributed by atoms with Crippen LogP contribution in [0.25, 0.3) is 0 Å². The molecule has 1 unspecified atom stereocenters. The highest BCUT2D eigenvalue weighted by Gasteiger charge is 2.25. The molecule has 1 fully saturated rings. The predicted molar refractivity (Wildman–Crippen MR) is 66.6 cm³/mol. The molecule has 2 N–H and O–H groups in total. The Morgan fingerprint density at radius 3 is 3.06 bits per heavy atom. The van der Waals surface area contributed by atoms with Crippen molar-refractivity contribution in [3.8, 4) is 0 Å². The van der Waals surface area contributed by atoms with Crippen molar-refractivity contribution in [1.29, 1.82) is 0 Å². The van der Waals surface area contributed by atoms with E-state index >= 15 is 0 Å². The van der Waals surface area contributed by atoms with Gasteiger partial charge in [0.25, 0.3) is 0 Å². The van der Waals surface area contributed by atoms with E-state index in [0.717, 1.165) is 25.8 Å². The monoisotopic (exact) mass is 233 g/mol. The number of aromatic nitrogens is 1. The van der Waals surface area contributed by atoms with Crippen molar-refractivity contribution in [2.24, 2.45) is 0 Å². The van der Waals surface area contributed by atoms with Gasteiger partial charge >= 0.3 is 0 Å². The molecule has 17 heavy (non-hydrogen) atoms. The van der Waals surface area contributed by atoms with Crippen molar-refractivity contribution in [1.82, 2.24) is 15.6 Å². The third-order valence-corrected chi connectivity index (χ3v) is 2.90. The number of hydrogen-bond donors (Lipinski definition) is 2. The van der Waals surface area contributed by atoms with Crippen LogP contribution in [0, 0.1) is 0 Å². The summed E-state index contributed by atoms with van der Waals surface area (Å²) < 4.78 is 0. The first-order valence-corrected chi connectivity index (χ1v) is 6.18. The summed E-state index contributed by atoms with van der Waals surface area (Å²) in [6.07, 6.45) is 6.79. The molecule has 1 aliphatic rings. The summed E-state index contributed by atoms with van der Waals surface area (Å²) >= 11 is 0. The van der Waals surface area contributed by atoms with Gasteiger partial charge in [0, 0.05) is 18.4 Å². The quantitative estimate of drug-likeness (QED) is 0.767. The zero-order chi connectivity index (χ0) is 12.1. The normalized spacial score (nSPS) is 16.5. The predicted octanol–water partition coefficient (Wildman–Crippen LogP) is 0.881. The van der Waals surface area contributed by atoms with Gasteiger partial charge in [-0.1, -0.05) is 6.07 Å². The molecule has 4 nitrogen and oxygen atoms in total. The fourth-order valence-electron chi connectivity index (χ4n) is 1.63. The molecule has 92 valence electrons. The fourth-order valence-corrected chi connectivity index (χ4v) is 1.63. The maximum absolute atomic E-state index is 11.6. The number of pyridine rings is 1. The molecule has 1 amide bonds. The number of carbonyl (C=O) groups excluding carboxylic acids is 1. The molecule has 0 spiro atoms. The van der Waals surface area contributed by atoms with Crippen LogP contribution in [0.1, 0.15) is 25.3 Å². The highest BCUT2D eigenvalue weighted by atomic mass is 16.2. The van der Waals surface area contributed by atoms with Crippen LogP contribution in [-0.4, -0.2) is 29.5 Å². The lowest BCUT2D eigenvalue weighted by atomic mass is 10.2. The number of nitrogens with zero attached hydrogens (tertiary/aromatic N) is 1. The molecule has 1 aromatic heterocycles. The SMILES string of the molecule is CC(NCCc1cccnc1)C(=O)NC1CC1. The number of nitrogens with one attached hydrogen (secondary N) is 2. The lowest BCUT2D eigenvalue weighted by Gasteiger charge is -2.13. The van der Waals surface area contributed by atoms with Crippen LogP contribution in [-0.2, 0) is 11.2 Å². The van der Waals surface area contributed by atoms with Crippen molar-refractivity contribution in [2.45, 2.75) is 38.3 Å². The molecule has 4 heteroatoms. The highest BCUT2D eigenvalue weighted by Crippen LogP contribution is 2.18. The van der Waals surface area contributed by atoms with Crippen molar-refractivity contribution < 1.29 is 4.79 Å². The Balaban J connectivity index is 1.65. The Hall–Kier alpha value is -1.42. The first-order valence-electron chi connectivity index (χ1n) is 6.18. The minimum atomic E-state index is -0.118. The van der Waals surface area contributed by atoms with Crippen LogP contribution in [0.4, 0.5) is 0 Å². The van der Waals surface area contributed by atoms with Crippen LogP contribution >= 0.6 is 0 Å². The number of hydrogen-bond acceptors (Lipinski definition) is 3. The van der Waals surface area contributed by atoms with Crippen LogP contribution in [0.15, 0.2) is 24.5 Å². The largest absolute Gasteiger partial charge is 0.352 e. The van der Waals surface area contributed by atoms with Crippen molar-refractivity contribution >= 4 is 5.91 Å². The first-order chi connectivity index (χ1) is 8.25. The second-order valence-electron chi connectivity index (χ2n) is 4.57. The van der Waals surface area contributed by atoms with Crippen LogP contribution in [0.3, 0.4) is 0 Å². The Labute approximate surface area is 102 Å². The molecular weight excluding hydrogens is 214 g/mol. The second kappa shape index (κ2) is 5.77. The van der Waals surface area contributed by atoms with E-state index in [2.05, 4.69) is 15.6 Å². The molecule has 1 aliphatic carbocycles. The van der Waals surface area contributed by atoms with Gasteiger partial charge in [0.05, 0.1) is 6.04 Å². The maximum atomic E-state index is 11.6. The smallest absolute Gasteiger partial charge is 0.237 e. The van der Waals surface area contributed by atoms with Crippen molar-refractivity contribution in [3.05, 3.63) is 30.1 Å². The van der Waals surface area contributed by atoms with Gasteiger partial charge in [0.1, 0.15) is 0 Å². The van der Waals surface area contributed by atoms with Gasteiger partial charge < -0.3 is 10.6 Å². The number of amides is 1. The number of carbonyl (C=O) groups is 1. The average molecular weight is 233 g/mol. The van der Waals surface area contributed by atoms with Crippen molar-refractivity contribution in [2.75, 3.05) is 6.54 Å². The van der Waals surface area contributed by atoms with E-state index < -0.39 is 0 Å². The van der Waals surface area contributed by atoms with Gasteiger partial charge in [0.2, 0.25) is 5.91 Å². The molecule has 0 aromatic carbocycles. The molecular formula is C13H19N3O. The van der Waals surface area contributed by atoms with E-state index in [4.69, 9.17) is 0 Å². The standard InChI is InChI=1S/C13H19N3O/c1-10(13(17)16-12-4-5-12)15-8-6-11-3-2-7-14-9-11/h2-3,7,9-10,12,15H,4-6,8H2,1H3,(H,16,17). The van der Waals surface area contributed by atoms with E-state index in [1.165, 1.54) is 5.56 Å². The molecule has 0 saturated heterocycles. The van der Waals surface area contributed by atoms with Gasteiger partial charge in [-0.3, -0.25) is 9.78 Å². The molecule has 0 bridgehead atoms. The van der Waals surface area contributed by atoms with E-state index in [-0.39, 0.29) is 11.9 Å². The average Bonchev–Trinajstić information content (AvgIpc) is 3.14. The first kappa shape index (κ1) is 12.0. The summed E-state index contributed by atoms with van der Waals surface area (Å²) in [6, 6.07) is 4.29. The summed E-state index contributed by atoms with van der Waals surface area (Å²) in [4.78, 5) is 15.7.